The quantitative estimate of drug-likeness (QED) is 0.788. The first-order valence-electron chi connectivity index (χ1n) is 5.50. The van der Waals surface area contributed by atoms with E-state index < -0.39 is 11.7 Å². The number of phenolic OH excluding ortho intramolecular Hbond substituents is 1. The molecule has 1 aromatic rings. The Kier molecular flexibility index (Phi) is 4.16. The van der Waals surface area contributed by atoms with Gasteiger partial charge in [0.15, 0.2) is 0 Å². The molecule has 5 nitrogen and oxygen atoms in total. The highest BCUT2D eigenvalue weighted by Crippen LogP contribution is 2.25. The normalized spacial score (nSPS) is 10.6. The van der Waals surface area contributed by atoms with E-state index in [4.69, 9.17) is 10.00 Å². The van der Waals surface area contributed by atoms with Crippen molar-refractivity contribution in [1.82, 2.24) is 0 Å². The molecule has 0 aromatic heterocycles. The second-order valence-corrected chi connectivity index (χ2v) is 4.81. The summed E-state index contributed by atoms with van der Waals surface area (Å²) in [5.74, 6) is -0.0671. The van der Waals surface area contributed by atoms with E-state index in [1.54, 1.807) is 32.9 Å². The van der Waals surface area contributed by atoms with Crippen LogP contribution in [0.2, 0.25) is 0 Å². The first-order chi connectivity index (χ1) is 8.31. The minimum atomic E-state index is -0.646. The average Bonchev–Trinajstić information content (AvgIpc) is 2.20. The Morgan fingerprint density at radius 1 is 1.50 bits per heavy atom. The number of phenols is 1. The molecule has 0 unspecified atom stereocenters. The van der Waals surface area contributed by atoms with Crippen LogP contribution in [-0.2, 0) is 11.2 Å². The van der Waals surface area contributed by atoms with Crippen LogP contribution >= 0.6 is 0 Å². The maximum absolute atomic E-state index is 11.5. The zero-order valence-corrected chi connectivity index (χ0v) is 10.7. The van der Waals surface area contributed by atoms with E-state index in [1.165, 1.54) is 6.07 Å². The molecule has 0 atom stereocenters. The van der Waals surface area contributed by atoms with Gasteiger partial charge in [0.1, 0.15) is 11.4 Å². The Balaban J connectivity index is 2.81. The van der Waals surface area contributed by atoms with Crippen molar-refractivity contribution in [2.75, 3.05) is 5.32 Å². The molecule has 0 radical (unpaired) electrons. The highest BCUT2D eigenvalue weighted by Gasteiger charge is 2.17. The highest BCUT2D eigenvalue weighted by atomic mass is 16.6. The van der Waals surface area contributed by atoms with Crippen LogP contribution < -0.4 is 5.32 Å². The lowest BCUT2D eigenvalue weighted by atomic mass is 10.1. The molecule has 0 bridgehead atoms. The fraction of sp³-hybridized carbons (Fsp3) is 0.385. The predicted molar refractivity (Wildman–Crippen MR) is 67.3 cm³/mol. The summed E-state index contributed by atoms with van der Waals surface area (Å²) in [6, 6.07) is 6.59. The summed E-state index contributed by atoms with van der Waals surface area (Å²) in [5.41, 5.74) is 0.336. The van der Waals surface area contributed by atoms with Crippen LogP contribution in [0, 0.1) is 11.3 Å². The van der Waals surface area contributed by atoms with Crippen molar-refractivity contribution < 1.29 is 14.6 Å². The predicted octanol–water partition coefficient (Wildman–Crippen LogP) is 2.81. The van der Waals surface area contributed by atoms with Gasteiger partial charge in [0.2, 0.25) is 0 Å². The number of hydrogen-bond acceptors (Lipinski definition) is 4. The lowest BCUT2D eigenvalue weighted by molar-refractivity contribution is 0.0635. The first-order valence-corrected chi connectivity index (χ1v) is 5.50. The van der Waals surface area contributed by atoms with Crippen molar-refractivity contribution in [2.45, 2.75) is 32.8 Å². The second-order valence-electron chi connectivity index (χ2n) is 4.81. The summed E-state index contributed by atoms with van der Waals surface area (Å²) >= 11 is 0. The van der Waals surface area contributed by atoms with Crippen LogP contribution in [-0.4, -0.2) is 16.8 Å². The van der Waals surface area contributed by atoms with Crippen LogP contribution in [0.15, 0.2) is 18.2 Å². The van der Waals surface area contributed by atoms with E-state index in [1.807, 2.05) is 6.07 Å². The number of carbonyl (C=O) groups is 1. The van der Waals surface area contributed by atoms with Gasteiger partial charge in [0.05, 0.1) is 18.2 Å². The summed E-state index contributed by atoms with van der Waals surface area (Å²) < 4.78 is 5.07. The first kappa shape index (κ1) is 13.8. The van der Waals surface area contributed by atoms with Crippen molar-refractivity contribution in [3.05, 3.63) is 23.8 Å². The molecule has 18 heavy (non-hydrogen) atoms. The largest absolute Gasteiger partial charge is 0.506 e. The van der Waals surface area contributed by atoms with Crippen LogP contribution in [0.25, 0.3) is 0 Å². The van der Waals surface area contributed by atoms with Gasteiger partial charge in [-0.3, -0.25) is 5.32 Å². The topological polar surface area (TPSA) is 82.3 Å². The van der Waals surface area contributed by atoms with Gasteiger partial charge in [-0.05, 0) is 38.5 Å². The summed E-state index contributed by atoms with van der Waals surface area (Å²) in [5, 5.41) is 20.6. The SMILES string of the molecule is CC(C)(C)OC(=O)Nc1cc(CC#N)ccc1O. The molecular weight excluding hydrogens is 232 g/mol. The van der Waals surface area contributed by atoms with Gasteiger partial charge in [-0.15, -0.1) is 0 Å². The third-order valence-electron chi connectivity index (χ3n) is 1.98. The van der Waals surface area contributed by atoms with E-state index in [0.717, 1.165) is 0 Å². The number of nitrogens with one attached hydrogen (secondary N) is 1. The maximum Gasteiger partial charge on any atom is 0.412 e. The van der Waals surface area contributed by atoms with Gasteiger partial charge in [-0.1, -0.05) is 6.07 Å². The fourth-order valence-electron chi connectivity index (χ4n) is 1.30. The minimum absolute atomic E-state index is 0.0671. The van der Waals surface area contributed by atoms with Crippen molar-refractivity contribution >= 4 is 11.8 Å². The highest BCUT2D eigenvalue weighted by molar-refractivity contribution is 5.87. The number of nitriles is 1. The number of carbonyl (C=O) groups excluding carboxylic acids is 1. The third-order valence-corrected chi connectivity index (χ3v) is 1.98. The molecule has 2 N–H and O–H groups in total. The van der Waals surface area contributed by atoms with E-state index in [2.05, 4.69) is 5.32 Å². The maximum atomic E-state index is 11.5. The Hall–Kier alpha value is -2.22. The van der Waals surface area contributed by atoms with E-state index >= 15 is 0 Å². The van der Waals surface area contributed by atoms with Crippen LogP contribution in [0.5, 0.6) is 5.75 Å². The third kappa shape index (κ3) is 4.34. The van der Waals surface area contributed by atoms with Gasteiger partial charge in [0.25, 0.3) is 0 Å². The van der Waals surface area contributed by atoms with Gasteiger partial charge >= 0.3 is 6.09 Å². The zero-order valence-electron chi connectivity index (χ0n) is 10.7. The zero-order chi connectivity index (χ0) is 13.8. The van der Waals surface area contributed by atoms with E-state index in [0.29, 0.717) is 5.56 Å². The number of ether oxygens (including phenoxy) is 1. The molecule has 96 valence electrons. The standard InChI is InChI=1S/C13H16N2O3/c1-13(2,3)18-12(17)15-10-8-9(6-7-14)4-5-11(10)16/h4-5,8,16H,6H2,1-3H3,(H,15,17). The lowest BCUT2D eigenvalue weighted by Gasteiger charge is -2.20. The summed E-state index contributed by atoms with van der Waals surface area (Å²) in [7, 11) is 0. The molecule has 5 heteroatoms. The van der Waals surface area contributed by atoms with Gasteiger partial charge in [-0.25, -0.2) is 4.79 Å². The Labute approximate surface area is 106 Å². The molecule has 0 saturated heterocycles. The smallest absolute Gasteiger partial charge is 0.412 e. The summed E-state index contributed by atoms with van der Waals surface area (Å²) in [6.07, 6.45) is -0.435. The molecular formula is C13H16N2O3. The van der Waals surface area contributed by atoms with Gasteiger partial charge in [0, 0.05) is 0 Å². The number of anilines is 1. The molecule has 1 amide bonds. The van der Waals surface area contributed by atoms with Crippen molar-refractivity contribution in [1.29, 1.82) is 5.26 Å². The van der Waals surface area contributed by atoms with Gasteiger partial charge in [-0.2, -0.15) is 5.26 Å². The van der Waals surface area contributed by atoms with Crippen LogP contribution in [0.3, 0.4) is 0 Å². The van der Waals surface area contributed by atoms with E-state index in [9.17, 15) is 9.90 Å². The van der Waals surface area contributed by atoms with Crippen LogP contribution in [0.4, 0.5) is 10.5 Å². The molecule has 1 aromatic carbocycles. The number of aromatic hydroxyl groups is 1. The molecule has 1 rings (SSSR count). The lowest BCUT2D eigenvalue weighted by Crippen LogP contribution is -2.27. The van der Waals surface area contributed by atoms with Crippen molar-refractivity contribution in [2.24, 2.45) is 0 Å². The van der Waals surface area contributed by atoms with Crippen molar-refractivity contribution in [3.63, 3.8) is 0 Å². The number of benzene rings is 1. The molecule has 0 saturated carbocycles. The molecule has 0 fully saturated rings. The monoisotopic (exact) mass is 248 g/mol. The summed E-state index contributed by atoms with van der Waals surface area (Å²) in [6.45, 7) is 5.25. The minimum Gasteiger partial charge on any atom is -0.506 e. The molecule has 0 spiro atoms. The van der Waals surface area contributed by atoms with Gasteiger partial charge < -0.3 is 9.84 Å². The van der Waals surface area contributed by atoms with Crippen LogP contribution in [0.1, 0.15) is 26.3 Å². The molecule has 0 aliphatic heterocycles. The number of nitrogens with zero attached hydrogens (tertiary/aromatic N) is 1. The number of amides is 1. The molecule has 0 aliphatic carbocycles. The molecule has 0 heterocycles. The Morgan fingerprint density at radius 2 is 2.17 bits per heavy atom. The Bertz CT molecular complexity index is 484. The fourth-order valence-corrected chi connectivity index (χ4v) is 1.30. The second kappa shape index (κ2) is 5.41. The Morgan fingerprint density at radius 3 is 2.72 bits per heavy atom. The van der Waals surface area contributed by atoms with E-state index in [-0.39, 0.29) is 17.9 Å². The average molecular weight is 248 g/mol. The number of rotatable bonds is 2. The summed E-state index contributed by atoms with van der Waals surface area (Å²) in [4.78, 5) is 11.5. The van der Waals surface area contributed by atoms with Crippen molar-refractivity contribution in [3.8, 4) is 11.8 Å². The number of hydrogen-bond donors (Lipinski definition) is 2. The molecule has 0 aliphatic rings.